The Labute approximate surface area is 196 Å². The first-order valence-electron chi connectivity index (χ1n) is 10.4. The third-order valence-electron chi connectivity index (χ3n) is 5.65. The summed E-state index contributed by atoms with van der Waals surface area (Å²) in [5.41, 5.74) is 1.61. The van der Waals surface area contributed by atoms with Gasteiger partial charge in [0.15, 0.2) is 16.7 Å². The summed E-state index contributed by atoms with van der Waals surface area (Å²) in [5.74, 6) is -2.32. The van der Waals surface area contributed by atoms with Crippen molar-refractivity contribution in [1.29, 1.82) is 0 Å². The molecule has 3 heterocycles. The number of carbonyl (C=O) groups excluding carboxylic acids is 2. The molecule has 9 nitrogen and oxygen atoms in total. The van der Waals surface area contributed by atoms with Crippen LogP contribution in [0.3, 0.4) is 0 Å². The topological polar surface area (TPSA) is 127 Å². The zero-order chi connectivity index (χ0) is 24.0. The molecular weight excluding hydrogens is 458 g/mol. The molecule has 34 heavy (non-hydrogen) atoms. The van der Waals surface area contributed by atoms with Gasteiger partial charge in [0.25, 0.3) is 11.6 Å². The van der Waals surface area contributed by atoms with Crippen LogP contribution < -0.4 is 4.90 Å². The Balaban J connectivity index is 1.69. The largest absolute Gasteiger partial charge is 0.503 e. The lowest BCUT2D eigenvalue weighted by molar-refractivity contribution is -0.384. The monoisotopic (exact) mass is 475 g/mol. The summed E-state index contributed by atoms with van der Waals surface area (Å²) in [5, 5.41) is 22.5. The number of ketones is 1. The minimum absolute atomic E-state index is 0.0662. The number of hydrogen-bond acceptors (Lipinski definition) is 8. The van der Waals surface area contributed by atoms with E-state index in [1.807, 2.05) is 25.1 Å². The Morgan fingerprint density at radius 1 is 1.24 bits per heavy atom. The highest BCUT2D eigenvalue weighted by Gasteiger charge is 2.46. The third-order valence-corrected chi connectivity index (χ3v) is 6.67. The van der Waals surface area contributed by atoms with Crippen molar-refractivity contribution in [3.63, 3.8) is 0 Å². The Kier molecular flexibility index (Phi) is 5.21. The van der Waals surface area contributed by atoms with E-state index >= 15 is 0 Å². The van der Waals surface area contributed by atoms with Crippen LogP contribution in [0.5, 0.6) is 0 Å². The molecule has 0 radical (unpaired) electrons. The Hall–Kier alpha value is -4.31. The molecule has 2 aromatic heterocycles. The number of amides is 1. The zero-order valence-electron chi connectivity index (χ0n) is 17.8. The first-order chi connectivity index (χ1) is 16.4. The summed E-state index contributed by atoms with van der Waals surface area (Å²) in [6.07, 6.45) is 2.13. The summed E-state index contributed by atoms with van der Waals surface area (Å²) in [7, 11) is 0. The number of aromatic nitrogens is 1. The van der Waals surface area contributed by atoms with Crippen molar-refractivity contribution in [3.05, 3.63) is 99.2 Å². The predicted molar refractivity (Wildman–Crippen MR) is 125 cm³/mol. The van der Waals surface area contributed by atoms with E-state index in [9.17, 15) is 24.8 Å². The van der Waals surface area contributed by atoms with Crippen LogP contribution >= 0.6 is 11.3 Å². The maximum atomic E-state index is 13.3. The van der Waals surface area contributed by atoms with Crippen LogP contribution in [0.25, 0.3) is 10.2 Å². The highest BCUT2D eigenvalue weighted by atomic mass is 32.1. The van der Waals surface area contributed by atoms with E-state index in [-0.39, 0.29) is 27.7 Å². The van der Waals surface area contributed by atoms with Gasteiger partial charge < -0.3 is 9.52 Å². The van der Waals surface area contributed by atoms with E-state index in [1.54, 1.807) is 6.07 Å². The first-order valence-corrected chi connectivity index (χ1v) is 11.2. The van der Waals surface area contributed by atoms with Crippen LogP contribution in [0.1, 0.15) is 34.6 Å². The fraction of sp³-hybridized carbons (Fsp3) is 0.125. The second kappa shape index (κ2) is 8.23. The van der Waals surface area contributed by atoms with Crippen molar-refractivity contribution in [3.8, 4) is 0 Å². The molecule has 0 bridgehead atoms. The number of nitro benzene ring substituents is 1. The van der Waals surface area contributed by atoms with Crippen LogP contribution in [-0.2, 0) is 11.2 Å². The van der Waals surface area contributed by atoms with Gasteiger partial charge in [-0.25, -0.2) is 4.98 Å². The lowest BCUT2D eigenvalue weighted by Gasteiger charge is -2.24. The van der Waals surface area contributed by atoms with Gasteiger partial charge in [0.1, 0.15) is 0 Å². The number of benzene rings is 2. The quantitative estimate of drug-likeness (QED) is 0.232. The third kappa shape index (κ3) is 3.44. The van der Waals surface area contributed by atoms with Crippen LogP contribution in [0.4, 0.5) is 10.8 Å². The second-order valence-corrected chi connectivity index (χ2v) is 8.66. The molecule has 170 valence electrons. The van der Waals surface area contributed by atoms with Crippen LogP contribution in [-0.4, -0.2) is 26.7 Å². The van der Waals surface area contributed by atoms with Crippen molar-refractivity contribution in [1.82, 2.24) is 4.98 Å². The molecular formula is C24H17N3O6S. The highest BCUT2D eigenvalue weighted by Crippen LogP contribution is 2.44. The number of aliphatic hydroxyl groups excluding tert-OH is 1. The van der Waals surface area contributed by atoms with Crippen molar-refractivity contribution >= 4 is 44.1 Å². The fourth-order valence-corrected chi connectivity index (χ4v) is 5.03. The highest BCUT2D eigenvalue weighted by molar-refractivity contribution is 7.22. The average molecular weight is 475 g/mol. The number of fused-ring (bicyclic) bond motifs is 1. The number of carbonyl (C=O) groups is 2. The molecule has 0 saturated carbocycles. The van der Waals surface area contributed by atoms with Crippen LogP contribution in [0, 0.1) is 10.1 Å². The number of nitro groups is 1. The molecule has 1 atom stereocenters. The Morgan fingerprint density at radius 2 is 2.06 bits per heavy atom. The lowest BCUT2D eigenvalue weighted by Crippen LogP contribution is -2.31. The van der Waals surface area contributed by atoms with Gasteiger partial charge in [-0.2, -0.15) is 0 Å². The standard InChI is InChI=1S/C24H17N3O6S/c1-2-13-8-9-16-18(11-13)34-24(25-16)26-20(14-5-3-6-15(12-14)27(31)32)19(22(29)23(26)30)21(28)17-7-4-10-33-17/h3-12,20,29H,2H2,1H3. The lowest BCUT2D eigenvalue weighted by atomic mass is 9.95. The minimum atomic E-state index is -1.13. The molecule has 1 aliphatic heterocycles. The maximum absolute atomic E-state index is 13.3. The molecule has 0 fully saturated rings. The summed E-state index contributed by atoms with van der Waals surface area (Å²) in [6, 6.07) is 13.2. The molecule has 5 rings (SSSR count). The Bertz CT molecular complexity index is 1490. The maximum Gasteiger partial charge on any atom is 0.296 e. The second-order valence-electron chi connectivity index (χ2n) is 7.65. The molecule has 4 aromatic rings. The number of rotatable bonds is 6. The number of Topliss-reactive ketones (excluding diaryl/α,β-unsaturated/α-hetero) is 1. The molecule has 1 N–H and O–H groups in total. The van der Waals surface area contributed by atoms with E-state index in [2.05, 4.69) is 4.98 Å². The van der Waals surface area contributed by atoms with Gasteiger partial charge in [-0.3, -0.25) is 24.6 Å². The van der Waals surface area contributed by atoms with Gasteiger partial charge in [0.2, 0.25) is 5.78 Å². The molecule has 2 aromatic carbocycles. The molecule has 0 saturated heterocycles. The fourth-order valence-electron chi connectivity index (χ4n) is 3.98. The van der Waals surface area contributed by atoms with Gasteiger partial charge in [0.05, 0.1) is 33.0 Å². The first kappa shape index (κ1) is 21.5. The average Bonchev–Trinajstić information content (AvgIpc) is 3.57. The number of furan rings is 1. The molecule has 0 aliphatic carbocycles. The van der Waals surface area contributed by atoms with Crippen molar-refractivity contribution in [2.45, 2.75) is 19.4 Å². The van der Waals surface area contributed by atoms with Crippen molar-refractivity contribution in [2.75, 3.05) is 4.90 Å². The zero-order valence-corrected chi connectivity index (χ0v) is 18.6. The SMILES string of the molecule is CCc1ccc2nc(N3C(=O)C(O)=C(C(=O)c4ccco4)C3c3cccc([N+](=O)[O-])c3)sc2c1. The minimum Gasteiger partial charge on any atom is -0.503 e. The number of non-ortho nitro benzene ring substituents is 1. The van der Waals surface area contributed by atoms with Crippen molar-refractivity contribution < 1.29 is 24.0 Å². The van der Waals surface area contributed by atoms with E-state index < -0.39 is 28.4 Å². The summed E-state index contributed by atoms with van der Waals surface area (Å²) < 4.78 is 6.04. The normalized spacial score (nSPS) is 16.0. The predicted octanol–water partition coefficient (Wildman–Crippen LogP) is 5.14. The molecule has 1 unspecified atom stereocenters. The smallest absolute Gasteiger partial charge is 0.296 e. The summed E-state index contributed by atoms with van der Waals surface area (Å²) in [6.45, 7) is 2.03. The summed E-state index contributed by atoms with van der Waals surface area (Å²) >= 11 is 1.24. The van der Waals surface area contributed by atoms with Gasteiger partial charge in [-0.1, -0.05) is 36.5 Å². The van der Waals surface area contributed by atoms with Gasteiger partial charge in [0, 0.05) is 12.1 Å². The number of nitrogens with zero attached hydrogens (tertiary/aromatic N) is 3. The number of hydrogen-bond donors (Lipinski definition) is 1. The van der Waals surface area contributed by atoms with E-state index in [1.165, 1.54) is 52.8 Å². The van der Waals surface area contributed by atoms with E-state index in [4.69, 9.17) is 4.42 Å². The molecule has 10 heteroatoms. The van der Waals surface area contributed by atoms with Gasteiger partial charge in [-0.05, 0) is 41.8 Å². The molecule has 1 amide bonds. The van der Waals surface area contributed by atoms with E-state index in [0.29, 0.717) is 5.52 Å². The number of thiazole rings is 1. The Morgan fingerprint density at radius 3 is 2.76 bits per heavy atom. The molecule has 0 spiro atoms. The van der Waals surface area contributed by atoms with Crippen LogP contribution in [0.2, 0.25) is 0 Å². The summed E-state index contributed by atoms with van der Waals surface area (Å²) in [4.78, 5) is 43.1. The van der Waals surface area contributed by atoms with Crippen molar-refractivity contribution in [2.24, 2.45) is 0 Å². The van der Waals surface area contributed by atoms with Gasteiger partial charge >= 0.3 is 0 Å². The molecule has 1 aliphatic rings. The number of aliphatic hydroxyl groups is 1. The number of aryl methyl sites for hydroxylation is 1. The van der Waals surface area contributed by atoms with Gasteiger partial charge in [-0.15, -0.1) is 0 Å². The van der Waals surface area contributed by atoms with Crippen LogP contribution in [0.15, 0.2) is 76.6 Å². The number of anilines is 1. The van der Waals surface area contributed by atoms with E-state index in [0.717, 1.165) is 16.7 Å².